The van der Waals surface area contributed by atoms with Gasteiger partial charge in [0.15, 0.2) is 0 Å². The highest BCUT2D eigenvalue weighted by molar-refractivity contribution is 5.94. The van der Waals surface area contributed by atoms with E-state index in [0.717, 1.165) is 25.7 Å². The minimum absolute atomic E-state index is 0.0903. The van der Waals surface area contributed by atoms with Gasteiger partial charge in [0, 0.05) is 24.0 Å². The molecule has 2 aromatic rings. The van der Waals surface area contributed by atoms with E-state index < -0.39 is 5.82 Å². The van der Waals surface area contributed by atoms with Crippen molar-refractivity contribution in [1.82, 2.24) is 15.3 Å². The topological polar surface area (TPSA) is 64.1 Å². The molecule has 1 aliphatic carbocycles. The van der Waals surface area contributed by atoms with Crippen LogP contribution in [0.25, 0.3) is 0 Å². The Morgan fingerprint density at radius 1 is 1.22 bits per heavy atom. The Kier molecular flexibility index (Phi) is 4.80. The highest BCUT2D eigenvalue weighted by Gasteiger charge is 2.24. The van der Waals surface area contributed by atoms with Crippen LogP contribution in [0.2, 0.25) is 0 Å². The molecule has 0 bridgehead atoms. The molecule has 0 radical (unpaired) electrons. The fraction of sp³-hybridized carbons (Fsp3) is 0.353. The number of hydrogen-bond acceptors (Lipinski definition) is 4. The largest absolute Gasteiger partial charge is 0.473 e. The maximum absolute atomic E-state index is 13.2. The number of halogens is 1. The summed E-state index contributed by atoms with van der Waals surface area (Å²) in [5, 5.41) is 2.96. The third-order valence-electron chi connectivity index (χ3n) is 3.92. The van der Waals surface area contributed by atoms with Crippen LogP contribution in [0.1, 0.15) is 36.0 Å². The second-order valence-corrected chi connectivity index (χ2v) is 5.62. The Labute approximate surface area is 133 Å². The zero-order valence-electron chi connectivity index (χ0n) is 12.6. The summed E-state index contributed by atoms with van der Waals surface area (Å²) in [5.74, 6) is -0.110. The number of carbonyl (C=O) groups is 1. The molecule has 3 rings (SSSR count). The fourth-order valence-electron chi connectivity index (χ4n) is 2.74. The summed E-state index contributed by atoms with van der Waals surface area (Å²) >= 11 is 0. The first-order chi connectivity index (χ1) is 11.2. The van der Waals surface area contributed by atoms with Crippen molar-refractivity contribution in [1.29, 1.82) is 0 Å². The maximum atomic E-state index is 13.2. The van der Waals surface area contributed by atoms with Gasteiger partial charge in [-0.15, -0.1) is 0 Å². The molecule has 0 aliphatic heterocycles. The summed E-state index contributed by atoms with van der Waals surface area (Å²) in [6.45, 7) is 0. The molecule has 1 heterocycles. The van der Waals surface area contributed by atoms with Crippen LogP contribution in [-0.2, 0) is 0 Å². The number of nitrogens with one attached hydrogen (secondary N) is 1. The van der Waals surface area contributed by atoms with Gasteiger partial charge in [0.25, 0.3) is 5.91 Å². The van der Waals surface area contributed by atoms with Gasteiger partial charge in [-0.2, -0.15) is 0 Å². The van der Waals surface area contributed by atoms with E-state index in [4.69, 9.17) is 4.74 Å². The predicted molar refractivity (Wildman–Crippen MR) is 82.6 cm³/mol. The smallest absolute Gasteiger partial charge is 0.251 e. The van der Waals surface area contributed by atoms with Crippen LogP contribution < -0.4 is 10.1 Å². The lowest BCUT2D eigenvalue weighted by atomic mass is 9.92. The Morgan fingerprint density at radius 3 is 2.74 bits per heavy atom. The zero-order valence-corrected chi connectivity index (χ0v) is 12.6. The lowest BCUT2D eigenvalue weighted by molar-refractivity contribution is 0.0889. The lowest BCUT2D eigenvalue weighted by Crippen LogP contribution is -2.39. The first kappa shape index (κ1) is 15.4. The average Bonchev–Trinajstić information content (AvgIpc) is 2.57. The van der Waals surface area contributed by atoms with Gasteiger partial charge in [0.05, 0.1) is 6.20 Å². The highest BCUT2D eigenvalue weighted by Crippen LogP contribution is 2.22. The monoisotopic (exact) mass is 315 g/mol. The molecule has 5 nitrogen and oxygen atoms in total. The number of aromatic nitrogens is 2. The normalized spacial score (nSPS) is 20.7. The van der Waals surface area contributed by atoms with E-state index in [0.29, 0.717) is 11.4 Å². The van der Waals surface area contributed by atoms with E-state index in [2.05, 4.69) is 15.3 Å². The van der Waals surface area contributed by atoms with Crippen molar-refractivity contribution < 1.29 is 13.9 Å². The SMILES string of the molecule is O=C(NC1CCC(Oc2cnccn2)CC1)c1cccc(F)c1. The van der Waals surface area contributed by atoms with E-state index in [1.165, 1.54) is 18.2 Å². The van der Waals surface area contributed by atoms with Gasteiger partial charge >= 0.3 is 0 Å². The van der Waals surface area contributed by atoms with Crippen molar-refractivity contribution in [3.8, 4) is 5.88 Å². The van der Waals surface area contributed by atoms with Crippen molar-refractivity contribution in [3.05, 3.63) is 54.2 Å². The van der Waals surface area contributed by atoms with E-state index in [1.807, 2.05) is 0 Å². The van der Waals surface area contributed by atoms with Crippen LogP contribution in [0.4, 0.5) is 4.39 Å². The third-order valence-corrected chi connectivity index (χ3v) is 3.92. The summed E-state index contributed by atoms with van der Waals surface area (Å²) in [7, 11) is 0. The quantitative estimate of drug-likeness (QED) is 0.942. The molecule has 0 saturated heterocycles. The summed E-state index contributed by atoms with van der Waals surface area (Å²) in [6, 6.07) is 5.81. The van der Waals surface area contributed by atoms with Gasteiger partial charge in [0.2, 0.25) is 5.88 Å². The standard InChI is InChI=1S/C17H18FN3O2/c18-13-3-1-2-12(10-13)17(22)21-14-4-6-15(7-5-14)23-16-11-19-8-9-20-16/h1-3,8-11,14-15H,4-7H2,(H,21,22). The minimum atomic E-state index is -0.404. The van der Waals surface area contributed by atoms with Gasteiger partial charge < -0.3 is 10.1 Å². The maximum Gasteiger partial charge on any atom is 0.251 e. The zero-order chi connectivity index (χ0) is 16.1. The number of hydrogen-bond donors (Lipinski definition) is 1. The Morgan fingerprint density at radius 2 is 2.04 bits per heavy atom. The lowest BCUT2D eigenvalue weighted by Gasteiger charge is -2.29. The average molecular weight is 315 g/mol. The molecule has 0 atom stereocenters. The first-order valence-electron chi connectivity index (χ1n) is 7.70. The number of benzene rings is 1. The molecule has 1 saturated carbocycles. The van der Waals surface area contributed by atoms with Gasteiger partial charge in [0.1, 0.15) is 11.9 Å². The summed E-state index contributed by atoms with van der Waals surface area (Å²) < 4.78 is 18.9. The molecule has 1 aromatic heterocycles. The van der Waals surface area contributed by atoms with Gasteiger partial charge in [-0.3, -0.25) is 9.78 Å². The van der Waals surface area contributed by atoms with Crippen molar-refractivity contribution in [3.63, 3.8) is 0 Å². The van der Waals surface area contributed by atoms with Crippen molar-refractivity contribution >= 4 is 5.91 Å². The molecule has 23 heavy (non-hydrogen) atoms. The van der Waals surface area contributed by atoms with Crippen molar-refractivity contribution in [2.45, 2.75) is 37.8 Å². The molecule has 120 valence electrons. The molecule has 1 aliphatic rings. The number of nitrogens with zero attached hydrogens (tertiary/aromatic N) is 2. The number of carbonyl (C=O) groups excluding carboxylic acids is 1. The van der Waals surface area contributed by atoms with E-state index >= 15 is 0 Å². The second kappa shape index (κ2) is 7.17. The fourth-order valence-corrected chi connectivity index (χ4v) is 2.74. The molecular formula is C17H18FN3O2. The summed E-state index contributed by atoms with van der Waals surface area (Å²) in [6.07, 6.45) is 8.21. The van der Waals surface area contributed by atoms with Gasteiger partial charge in [-0.1, -0.05) is 6.07 Å². The molecule has 1 aromatic carbocycles. The molecule has 0 spiro atoms. The number of amides is 1. The summed E-state index contributed by atoms with van der Waals surface area (Å²) in [4.78, 5) is 20.2. The Bertz CT molecular complexity index is 658. The van der Waals surface area contributed by atoms with Crippen LogP contribution in [-0.4, -0.2) is 28.0 Å². The van der Waals surface area contributed by atoms with Crippen LogP contribution in [0.3, 0.4) is 0 Å². The molecule has 1 amide bonds. The molecular weight excluding hydrogens is 297 g/mol. The number of rotatable bonds is 4. The van der Waals surface area contributed by atoms with Crippen LogP contribution >= 0.6 is 0 Å². The summed E-state index contributed by atoms with van der Waals surface area (Å²) in [5.41, 5.74) is 0.350. The first-order valence-corrected chi connectivity index (χ1v) is 7.70. The van der Waals surface area contributed by atoms with E-state index in [-0.39, 0.29) is 18.1 Å². The second-order valence-electron chi connectivity index (χ2n) is 5.62. The Hall–Kier alpha value is -2.50. The Balaban J connectivity index is 1.48. The molecule has 1 N–H and O–H groups in total. The predicted octanol–water partition coefficient (Wildman–Crippen LogP) is 2.74. The minimum Gasteiger partial charge on any atom is -0.473 e. The molecule has 1 fully saturated rings. The molecule has 6 heteroatoms. The van der Waals surface area contributed by atoms with Gasteiger partial charge in [-0.05, 0) is 43.9 Å². The van der Waals surface area contributed by atoms with E-state index in [1.54, 1.807) is 24.7 Å². The molecule has 0 unspecified atom stereocenters. The van der Waals surface area contributed by atoms with Crippen LogP contribution in [0, 0.1) is 5.82 Å². The van der Waals surface area contributed by atoms with Crippen molar-refractivity contribution in [2.75, 3.05) is 0 Å². The van der Waals surface area contributed by atoms with Gasteiger partial charge in [-0.25, -0.2) is 9.37 Å². The van der Waals surface area contributed by atoms with E-state index in [9.17, 15) is 9.18 Å². The third kappa shape index (κ3) is 4.25. The van der Waals surface area contributed by atoms with Crippen LogP contribution in [0.5, 0.6) is 5.88 Å². The highest BCUT2D eigenvalue weighted by atomic mass is 19.1. The van der Waals surface area contributed by atoms with Crippen LogP contribution in [0.15, 0.2) is 42.9 Å². The van der Waals surface area contributed by atoms with Crippen molar-refractivity contribution in [2.24, 2.45) is 0 Å². The number of ether oxygens (including phenoxy) is 1.